The normalized spacial score (nSPS) is 12.7. The average Bonchev–Trinajstić information content (AvgIpc) is 2.61. The quantitative estimate of drug-likeness (QED) is 0.658. The molecule has 0 aliphatic carbocycles. The maximum absolute atomic E-state index is 10.5. The van der Waals surface area contributed by atoms with Gasteiger partial charge in [-0.25, -0.2) is 4.68 Å². The van der Waals surface area contributed by atoms with Gasteiger partial charge in [-0.1, -0.05) is 0 Å². The van der Waals surface area contributed by atoms with E-state index in [0.29, 0.717) is 13.2 Å². The number of nitrogens with zero attached hydrogens (tertiary/aromatic N) is 2. The van der Waals surface area contributed by atoms with E-state index in [1.54, 1.807) is 18.9 Å². The van der Waals surface area contributed by atoms with Gasteiger partial charge in [0.25, 0.3) is 0 Å². The average molecular weight is 212 g/mol. The zero-order valence-corrected chi connectivity index (χ0v) is 9.27. The molecule has 1 atom stereocenters. The smallest absolute Gasteiger partial charge is 0.138 e. The maximum atomic E-state index is 10.5. The van der Waals surface area contributed by atoms with Gasteiger partial charge in [0.05, 0.1) is 11.8 Å². The first-order chi connectivity index (χ1) is 7.22. The fourth-order valence-corrected chi connectivity index (χ4v) is 1.38. The van der Waals surface area contributed by atoms with Gasteiger partial charge in [0.15, 0.2) is 0 Å². The largest absolute Gasteiger partial charge is 0.375 e. The van der Waals surface area contributed by atoms with Crippen molar-refractivity contribution in [2.75, 3.05) is 14.2 Å². The first-order valence-corrected chi connectivity index (χ1v) is 4.74. The monoisotopic (exact) mass is 212 g/mol. The number of carbonyl (C=O) groups excluding carboxylic acids is 1. The molecule has 0 saturated carbocycles. The Hall–Kier alpha value is -1.20. The Balaban J connectivity index is 2.93. The van der Waals surface area contributed by atoms with Crippen LogP contribution in [0.3, 0.4) is 0 Å². The molecule has 0 fully saturated rings. The minimum absolute atomic E-state index is 0.113. The van der Waals surface area contributed by atoms with Crippen LogP contribution in [-0.4, -0.2) is 30.3 Å². The Morgan fingerprint density at radius 3 is 2.87 bits per heavy atom. The minimum Gasteiger partial charge on any atom is -0.375 e. The van der Waals surface area contributed by atoms with Crippen molar-refractivity contribution in [3.05, 3.63) is 17.5 Å². The van der Waals surface area contributed by atoms with Crippen LogP contribution in [0, 0.1) is 0 Å². The van der Waals surface area contributed by atoms with Crippen LogP contribution < -0.4 is 0 Å². The predicted octanol–water partition coefficient (Wildman–Crippen LogP) is 0.936. The van der Waals surface area contributed by atoms with Crippen LogP contribution in [0.2, 0.25) is 0 Å². The van der Waals surface area contributed by atoms with Crippen LogP contribution in [0.1, 0.15) is 24.3 Å². The van der Waals surface area contributed by atoms with Gasteiger partial charge in [-0.05, 0) is 6.92 Å². The van der Waals surface area contributed by atoms with Crippen LogP contribution in [0.5, 0.6) is 0 Å². The lowest BCUT2D eigenvalue weighted by atomic mass is 10.1. The lowest BCUT2D eigenvalue weighted by Crippen LogP contribution is -2.04. The van der Waals surface area contributed by atoms with Crippen molar-refractivity contribution in [2.45, 2.75) is 26.2 Å². The molecule has 1 rings (SSSR count). The molecule has 0 amide bonds. The molecule has 84 valence electrons. The summed E-state index contributed by atoms with van der Waals surface area (Å²) in [4.78, 5) is 10.5. The highest BCUT2D eigenvalue weighted by Gasteiger charge is 2.14. The highest BCUT2D eigenvalue weighted by molar-refractivity contribution is 5.55. The Kier molecular flexibility index (Phi) is 4.45. The van der Waals surface area contributed by atoms with Crippen LogP contribution in [0.4, 0.5) is 0 Å². The molecule has 5 heteroatoms. The molecule has 0 aliphatic rings. The van der Waals surface area contributed by atoms with Crippen molar-refractivity contribution in [1.29, 1.82) is 0 Å². The number of hydrogen-bond acceptors (Lipinski definition) is 4. The molecule has 0 bridgehead atoms. The molecule has 0 N–H and O–H groups in total. The summed E-state index contributed by atoms with van der Waals surface area (Å²) in [6.07, 6.45) is 2.91. The van der Waals surface area contributed by atoms with Crippen LogP contribution in [-0.2, 0) is 27.4 Å². The van der Waals surface area contributed by atoms with Gasteiger partial charge in [-0.15, -0.1) is 0 Å². The number of ether oxygens (including phenoxy) is 2. The summed E-state index contributed by atoms with van der Waals surface area (Å²) in [6.45, 7) is 2.27. The van der Waals surface area contributed by atoms with Crippen molar-refractivity contribution < 1.29 is 14.3 Å². The summed E-state index contributed by atoms with van der Waals surface area (Å²) < 4.78 is 11.8. The highest BCUT2D eigenvalue weighted by atomic mass is 16.5. The van der Waals surface area contributed by atoms with Gasteiger partial charge in [-0.3, -0.25) is 0 Å². The van der Waals surface area contributed by atoms with Crippen molar-refractivity contribution in [1.82, 2.24) is 9.78 Å². The summed E-state index contributed by atoms with van der Waals surface area (Å²) in [5.41, 5.74) is 1.68. The van der Waals surface area contributed by atoms with E-state index in [-0.39, 0.29) is 6.10 Å². The van der Waals surface area contributed by atoms with E-state index in [9.17, 15) is 4.79 Å². The molecule has 0 spiro atoms. The molecule has 0 saturated heterocycles. The molecule has 1 heterocycles. The van der Waals surface area contributed by atoms with Crippen molar-refractivity contribution >= 4 is 6.29 Å². The first kappa shape index (κ1) is 11.9. The molecule has 0 aromatic carbocycles. The summed E-state index contributed by atoms with van der Waals surface area (Å²) in [5, 5.41) is 4.30. The fraction of sp³-hybridized carbons (Fsp3) is 0.600. The van der Waals surface area contributed by atoms with Crippen molar-refractivity contribution in [3.63, 3.8) is 0 Å². The molecule has 15 heavy (non-hydrogen) atoms. The lowest BCUT2D eigenvalue weighted by Gasteiger charge is -2.07. The molecular formula is C10H16N2O3. The number of aldehydes is 1. The molecule has 1 aromatic heterocycles. The summed E-state index contributed by atoms with van der Waals surface area (Å²) >= 11 is 0. The molecule has 0 radical (unpaired) electrons. The Labute approximate surface area is 89.0 Å². The molecular weight excluding hydrogens is 196 g/mol. The summed E-state index contributed by atoms with van der Waals surface area (Å²) in [5.74, 6) is 0. The van der Waals surface area contributed by atoms with E-state index in [1.807, 2.05) is 13.1 Å². The van der Waals surface area contributed by atoms with Crippen LogP contribution in [0.25, 0.3) is 0 Å². The van der Waals surface area contributed by atoms with E-state index in [0.717, 1.165) is 17.5 Å². The van der Waals surface area contributed by atoms with E-state index in [4.69, 9.17) is 9.47 Å². The number of rotatable bonds is 6. The Bertz CT molecular complexity index is 322. The summed E-state index contributed by atoms with van der Waals surface area (Å²) in [6, 6.07) is 0. The molecule has 5 nitrogen and oxygen atoms in total. The third-order valence-electron chi connectivity index (χ3n) is 2.17. The van der Waals surface area contributed by atoms with Crippen molar-refractivity contribution in [3.8, 4) is 0 Å². The van der Waals surface area contributed by atoms with Gasteiger partial charge in [-0.2, -0.15) is 5.10 Å². The SMILES string of the molecule is COCn1cc(CC=O)c(C(C)OC)n1. The Morgan fingerprint density at radius 2 is 2.33 bits per heavy atom. The van der Waals surface area contributed by atoms with E-state index in [1.165, 1.54) is 0 Å². The van der Waals surface area contributed by atoms with Crippen molar-refractivity contribution in [2.24, 2.45) is 0 Å². The minimum atomic E-state index is -0.113. The fourth-order valence-electron chi connectivity index (χ4n) is 1.38. The van der Waals surface area contributed by atoms with E-state index >= 15 is 0 Å². The van der Waals surface area contributed by atoms with Gasteiger partial charge >= 0.3 is 0 Å². The third kappa shape index (κ3) is 2.87. The number of aromatic nitrogens is 2. The van der Waals surface area contributed by atoms with Gasteiger partial charge in [0, 0.05) is 32.4 Å². The number of hydrogen-bond donors (Lipinski definition) is 0. The first-order valence-electron chi connectivity index (χ1n) is 4.74. The Morgan fingerprint density at radius 1 is 1.60 bits per heavy atom. The third-order valence-corrected chi connectivity index (χ3v) is 2.17. The topological polar surface area (TPSA) is 53.4 Å². The van der Waals surface area contributed by atoms with Gasteiger partial charge < -0.3 is 14.3 Å². The second-order valence-electron chi connectivity index (χ2n) is 3.25. The zero-order valence-electron chi connectivity index (χ0n) is 9.27. The van der Waals surface area contributed by atoms with Crippen LogP contribution >= 0.6 is 0 Å². The maximum Gasteiger partial charge on any atom is 0.138 e. The number of carbonyl (C=O) groups is 1. The zero-order chi connectivity index (χ0) is 11.3. The molecule has 1 unspecified atom stereocenters. The van der Waals surface area contributed by atoms with Gasteiger partial charge in [0.2, 0.25) is 0 Å². The van der Waals surface area contributed by atoms with Crippen LogP contribution in [0.15, 0.2) is 6.20 Å². The number of methoxy groups -OCH3 is 2. The predicted molar refractivity (Wildman–Crippen MR) is 54.4 cm³/mol. The van der Waals surface area contributed by atoms with E-state index < -0.39 is 0 Å². The van der Waals surface area contributed by atoms with Gasteiger partial charge in [0.1, 0.15) is 13.0 Å². The molecule has 0 aliphatic heterocycles. The second-order valence-corrected chi connectivity index (χ2v) is 3.25. The second kappa shape index (κ2) is 5.63. The summed E-state index contributed by atoms with van der Waals surface area (Å²) in [7, 11) is 3.21. The highest BCUT2D eigenvalue weighted by Crippen LogP contribution is 2.18. The van der Waals surface area contributed by atoms with E-state index in [2.05, 4.69) is 5.10 Å². The molecule has 1 aromatic rings. The standard InChI is InChI=1S/C10H16N2O3/c1-8(15-3)10-9(4-5-13)6-12(11-10)7-14-2/h5-6,8H,4,7H2,1-3H3. The lowest BCUT2D eigenvalue weighted by molar-refractivity contribution is -0.107.